The lowest BCUT2D eigenvalue weighted by atomic mass is 9.76. The van der Waals surface area contributed by atoms with Gasteiger partial charge in [-0.3, -0.25) is 9.48 Å². The Morgan fingerprint density at radius 3 is 2.67 bits per heavy atom. The van der Waals surface area contributed by atoms with E-state index in [-0.39, 0.29) is 23.3 Å². The van der Waals surface area contributed by atoms with E-state index in [4.69, 9.17) is 9.84 Å². The van der Waals surface area contributed by atoms with Crippen LogP contribution in [0.25, 0.3) is 0 Å². The number of nitrogens with one attached hydrogen (secondary N) is 1. The molecule has 1 spiro atoms. The minimum Gasteiger partial charge on any atom is -0.396 e. The third kappa shape index (κ3) is 2.65. The van der Waals surface area contributed by atoms with Crippen LogP contribution in [0.4, 0.5) is 0 Å². The van der Waals surface area contributed by atoms with Gasteiger partial charge < -0.3 is 15.2 Å². The molecule has 0 aromatic carbocycles. The minimum absolute atomic E-state index is 0.0174. The van der Waals surface area contributed by atoms with Crippen molar-refractivity contribution in [3.8, 4) is 0 Å². The number of aryl methyl sites for hydroxylation is 1. The Labute approximate surface area is 142 Å². The molecule has 24 heavy (non-hydrogen) atoms. The highest BCUT2D eigenvalue weighted by molar-refractivity contribution is 5.97. The average molecular weight is 333 g/mol. The van der Waals surface area contributed by atoms with Gasteiger partial charge in [0.05, 0.1) is 23.6 Å². The quantitative estimate of drug-likeness (QED) is 0.871. The van der Waals surface area contributed by atoms with Gasteiger partial charge >= 0.3 is 0 Å². The predicted octanol–water partition coefficient (Wildman–Crippen LogP) is 1.30. The van der Waals surface area contributed by atoms with E-state index in [0.717, 1.165) is 81.8 Å². The summed E-state index contributed by atoms with van der Waals surface area (Å²) in [6.45, 7) is 5.23. The van der Waals surface area contributed by atoms with Crippen LogP contribution in [-0.4, -0.2) is 47.2 Å². The number of carbonyl (C=O) groups is 1. The first-order chi connectivity index (χ1) is 11.6. The molecule has 0 unspecified atom stereocenters. The fourth-order valence-corrected chi connectivity index (χ4v) is 4.16. The zero-order valence-corrected chi connectivity index (χ0v) is 14.4. The van der Waals surface area contributed by atoms with Gasteiger partial charge in [0.15, 0.2) is 0 Å². The van der Waals surface area contributed by atoms with Gasteiger partial charge in [0.1, 0.15) is 0 Å². The number of aliphatic hydroxyl groups excluding tert-OH is 1. The van der Waals surface area contributed by atoms with Crippen LogP contribution in [0, 0.1) is 10.8 Å². The van der Waals surface area contributed by atoms with Crippen LogP contribution in [0.3, 0.4) is 0 Å². The van der Waals surface area contributed by atoms with Crippen LogP contribution < -0.4 is 5.32 Å². The molecule has 2 aliphatic heterocycles. The van der Waals surface area contributed by atoms with Gasteiger partial charge in [0.25, 0.3) is 5.91 Å². The van der Waals surface area contributed by atoms with Crippen molar-refractivity contribution < 1.29 is 14.6 Å². The van der Waals surface area contributed by atoms with Gasteiger partial charge in [0, 0.05) is 31.7 Å². The van der Waals surface area contributed by atoms with Crippen LogP contribution >= 0.6 is 0 Å². The van der Waals surface area contributed by atoms with Crippen LogP contribution in [0.15, 0.2) is 0 Å². The maximum Gasteiger partial charge on any atom is 0.255 e. The molecule has 1 saturated heterocycles. The minimum atomic E-state index is -0.0174. The Hall–Kier alpha value is -1.40. The summed E-state index contributed by atoms with van der Waals surface area (Å²) in [7, 11) is 0. The summed E-state index contributed by atoms with van der Waals surface area (Å²) in [5.74, 6) is 0.0188. The summed E-state index contributed by atoms with van der Waals surface area (Å²) in [6, 6.07) is 0. The number of ether oxygens (including phenoxy) is 1. The predicted molar refractivity (Wildman–Crippen MR) is 88.9 cm³/mol. The summed E-state index contributed by atoms with van der Waals surface area (Å²) in [5.41, 5.74) is 2.81. The molecule has 1 amide bonds. The van der Waals surface area contributed by atoms with E-state index in [1.54, 1.807) is 0 Å². The highest BCUT2D eigenvalue weighted by atomic mass is 16.5. The second kappa shape index (κ2) is 5.85. The van der Waals surface area contributed by atoms with E-state index >= 15 is 0 Å². The molecule has 0 bridgehead atoms. The number of rotatable bonds is 4. The molecule has 2 N–H and O–H groups in total. The summed E-state index contributed by atoms with van der Waals surface area (Å²) in [4.78, 5) is 12.7. The van der Waals surface area contributed by atoms with Gasteiger partial charge in [-0.05, 0) is 43.9 Å². The molecule has 1 aromatic heterocycles. The lowest BCUT2D eigenvalue weighted by molar-refractivity contribution is 0.0151. The monoisotopic (exact) mass is 333 g/mol. The molecular weight excluding hydrogens is 306 g/mol. The van der Waals surface area contributed by atoms with E-state index in [2.05, 4.69) is 5.32 Å². The summed E-state index contributed by atoms with van der Waals surface area (Å²) >= 11 is 0. The number of fused-ring (bicyclic) bond motifs is 1. The van der Waals surface area contributed by atoms with Crippen molar-refractivity contribution in [3.63, 3.8) is 0 Å². The van der Waals surface area contributed by atoms with E-state index < -0.39 is 0 Å². The van der Waals surface area contributed by atoms with Crippen molar-refractivity contribution in [2.45, 2.75) is 52.0 Å². The number of hydrogen-bond acceptors (Lipinski definition) is 4. The first kappa shape index (κ1) is 16.1. The lowest BCUT2D eigenvalue weighted by Gasteiger charge is -2.36. The Morgan fingerprint density at radius 1 is 1.29 bits per heavy atom. The van der Waals surface area contributed by atoms with Gasteiger partial charge in [-0.1, -0.05) is 6.92 Å². The topological polar surface area (TPSA) is 76.4 Å². The van der Waals surface area contributed by atoms with E-state index in [9.17, 15) is 9.90 Å². The van der Waals surface area contributed by atoms with E-state index in [1.165, 1.54) is 0 Å². The second-order valence-corrected chi connectivity index (χ2v) is 7.91. The fourth-order valence-electron chi connectivity index (χ4n) is 4.16. The number of amides is 1. The number of aliphatic hydroxyl groups is 1. The highest BCUT2D eigenvalue weighted by Crippen LogP contribution is 2.47. The van der Waals surface area contributed by atoms with E-state index in [0.29, 0.717) is 0 Å². The highest BCUT2D eigenvalue weighted by Gasteiger charge is 2.45. The molecule has 0 atom stereocenters. The van der Waals surface area contributed by atoms with Crippen molar-refractivity contribution >= 4 is 5.91 Å². The van der Waals surface area contributed by atoms with Crippen LogP contribution in [0.1, 0.15) is 54.4 Å². The number of hydrogen-bond donors (Lipinski definition) is 2. The molecule has 1 saturated carbocycles. The molecule has 3 heterocycles. The molecule has 1 aromatic rings. The zero-order chi connectivity index (χ0) is 16.8. The molecule has 4 rings (SSSR count). The Morgan fingerprint density at radius 2 is 2.04 bits per heavy atom. The SMILES string of the molecule is CCc1nn(CC2(CO)CC2)c2c1C(=O)NCC1(CCOCC1)C2. The van der Waals surface area contributed by atoms with Crippen molar-refractivity contribution in [3.05, 3.63) is 17.0 Å². The summed E-state index contributed by atoms with van der Waals surface area (Å²) in [5, 5.41) is 17.6. The van der Waals surface area contributed by atoms with Crippen LogP contribution in [0.5, 0.6) is 0 Å². The van der Waals surface area contributed by atoms with Crippen molar-refractivity contribution in [2.24, 2.45) is 10.8 Å². The van der Waals surface area contributed by atoms with Crippen molar-refractivity contribution in [1.29, 1.82) is 0 Å². The summed E-state index contributed by atoms with van der Waals surface area (Å²) in [6.07, 6.45) is 5.68. The van der Waals surface area contributed by atoms with Gasteiger partial charge in [0.2, 0.25) is 0 Å². The Kier molecular flexibility index (Phi) is 3.92. The standard InChI is InChI=1S/C18H27N3O3/c1-2-13-15-14(21(20-13)11-18(12-22)3-4-18)9-17(10-19-16(15)23)5-7-24-8-6-17/h22H,2-12H2,1H3,(H,19,23). The first-order valence-corrected chi connectivity index (χ1v) is 9.16. The molecule has 0 radical (unpaired) electrons. The van der Waals surface area contributed by atoms with Gasteiger partial charge in [-0.2, -0.15) is 5.10 Å². The maximum absolute atomic E-state index is 12.7. The normalized spacial score (nSPS) is 24.3. The average Bonchev–Trinajstić information content (AvgIpc) is 3.32. The second-order valence-electron chi connectivity index (χ2n) is 7.91. The van der Waals surface area contributed by atoms with Crippen molar-refractivity contribution in [2.75, 3.05) is 26.4 Å². The van der Waals surface area contributed by atoms with Crippen LogP contribution in [0.2, 0.25) is 0 Å². The molecule has 6 heteroatoms. The number of carbonyl (C=O) groups excluding carboxylic acids is 1. The molecule has 3 aliphatic rings. The first-order valence-electron chi connectivity index (χ1n) is 9.16. The molecule has 2 fully saturated rings. The van der Waals surface area contributed by atoms with Gasteiger partial charge in [-0.15, -0.1) is 0 Å². The molecular formula is C18H27N3O3. The smallest absolute Gasteiger partial charge is 0.255 e. The third-order valence-corrected chi connectivity index (χ3v) is 6.19. The third-order valence-electron chi connectivity index (χ3n) is 6.19. The Balaban J connectivity index is 1.73. The lowest BCUT2D eigenvalue weighted by Crippen LogP contribution is -2.41. The Bertz CT molecular complexity index is 642. The molecule has 6 nitrogen and oxygen atoms in total. The van der Waals surface area contributed by atoms with Gasteiger partial charge in [-0.25, -0.2) is 0 Å². The largest absolute Gasteiger partial charge is 0.396 e. The van der Waals surface area contributed by atoms with Crippen molar-refractivity contribution in [1.82, 2.24) is 15.1 Å². The maximum atomic E-state index is 12.7. The zero-order valence-electron chi connectivity index (χ0n) is 14.4. The van der Waals surface area contributed by atoms with E-state index in [1.807, 2.05) is 11.6 Å². The molecule has 1 aliphatic carbocycles. The number of nitrogens with zero attached hydrogens (tertiary/aromatic N) is 2. The number of aromatic nitrogens is 2. The molecule has 132 valence electrons. The van der Waals surface area contributed by atoms with Crippen LogP contribution in [-0.2, 0) is 24.1 Å². The summed E-state index contributed by atoms with van der Waals surface area (Å²) < 4.78 is 7.59. The fraction of sp³-hybridized carbons (Fsp3) is 0.778.